The maximum Gasteiger partial charge on any atom is 0.260 e. The van der Waals surface area contributed by atoms with Crippen LogP contribution in [0.4, 0.5) is 5.69 Å². The summed E-state index contributed by atoms with van der Waals surface area (Å²) in [5.74, 6) is 0.700. The minimum atomic E-state index is -0.00399. The van der Waals surface area contributed by atoms with E-state index >= 15 is 0 Å². The van der Waals surface area contributed by atoms with E-state index in [1.807, 2.05) is 47.4 Å². The van der Waals surface area contributed by atoms with E-state index in [1.54, 1.807) is 6.07 Å². The molecule has 1 aliphatic rings. The number of amides is 1. The van der Waals surface area contributed by atoms with Gasteiger partial charge in [0.05, 0.1) is 15.7 Å². The van der Waals surface area contributed by atoms with E-state index in [0.717, 1.165) is 18.8 Å². The third kappa shape index (κ3) is 3.94. The van der Waals surface area contributed by atoms with Gasteiger partial charge in [-0.05, 0) is 24.3 Å². The number of carbonyl (C=O) groups excluding carboxylic acids is 1. The predicted octanol–water partition coefficient (Wildman–Crippen LogP) is 3.72. The highest BCUT2D eigenvalue weighted by Crippen LogP contribution is 2.32. The molecule has 0 radical (unpaired) electrons. The van der Waals surface area contributed by atoms with Crippen LogP contribution in [0.1, 0.15) is 0 Å². The van der Waals surface area contributed by atoms with Gasteiger partial charge >= 0.3 is 0 Å². The van der Waals surface area contributed by atoms with Gasteiger partial charge in [0.2, 0.25) is 0 Å². The number of rotatable bonds is 4. The van der Waals surface area contributed by atoms with Crippen LogP contribution >= 0.6 is 23.2 Å². The van der Waals surface area contributed by atoms with E-state index in [4.69, 9.17) is 27.9 Å². The Morgan fingerprint density at radius 1 is 0.958 bits per heavy atom. The molecule has 1 fully saturated rings. The summed E-state index contributed by atoms with van der Waals surface area (Å²) in [5.41, 5.74) is 0.914. The lowest BCUT2D eigenvalue weighted by Crippen LogP contribution is -2.50. The van der Waals surface area contributed by atoms with Crippen LogP contribution in [0.2, 0.25) is 10.0 Å². The van der Waals surface area contributed by atoms with Gasteiger partial charge in [0, 0.05) is 26.2 Å². The Labute approximate surface area is 151 Å². The summed E-state index contributed by atoms with van der Waals surface area (Å²) in [6, 6.07) is 15.0. The Kier molecular flexibility index (Phi) is 5.48. The Morgan fingerprint density at radius 2 is 1.67 bits per heavy atom. The minimum Gasteiger partial charge on any atom is -0.484 e. The van der Waals surface area contributed by atoms with Crippen LogP contribution in [0.5, 0.6) is 5.75 Å². The summed E-state index contributed by atoms with van der Waals surface area (Å²) in [4.78, 5) is 16.2. The standard InChI is InChI=1S/C18H18Cl2N2O2/c19-15-7-4-8-16(18(15)20)21-9-11-22(12-10-21)17(23)13-24-14-5-2-1-3-6-14/h1-8H,9-13H2. The van der Waals surface area contributed by atoms with Gasteiger partial charge in [-0.2, -0.15) is 0 Å². The van der Waals surface area contributed by atoms with E-state index < -0.39 is 0 Å². The highest BCUT2D eigenvalue weighted by molar-refractivity contribution is 6.43. The molecule has 0 spiro atoms. The van der Waals surface area contributed by atoms with Gasteiger partial charge in [0.1, 0.15) is 5.75 Å². The molecule has 2 aromatic rings. The molecule has 1 aliphatic heterocycles. The SMILES string of the molecule is O=C(COc1ccccc1)N1CCN(c2cccc(Cl)c2Cl)CC1. The van der Waals surface area contributed by atoms with Crippen LogP contribution < -0.4 is 9.64 Å². The molecule has 1 heterocycles. The molecule has 6 heteroatoms. The second kappa shape index (κ2) is 7.77. The Morgan fingerprint density at radius 3 is 2.38 bits per heavy atom. The molecule has 1 saturated heterocycles. The lowest BCUT2D eigenvalue weighted by atomic mass is 10.2. The predicted molar refractivity (Wildman–Crippen MR) is 97.2 cm³/mol. The first-order chi connectivity index (χ1) is 11.6. The highest BCUT2D eigenvalue weighted by atomic mass is 35.5. The average Bonchev–Trinajstić information content (AvgIpc) is 2.63. The quantitative estimate of drug-likeness (QED) is 0.828. The molecule has 4 nitrogen and oxygen atoms in total. The zero-order valence-corrected chi connectivity index (χ0v) is 14.6. The number of hydrogen-bond acceptors (Lipinski definition) is 3. The molecule has 0 bridgehead atoms. The summed E-state index contributed by atoms with van der Waals surface area (Å²) in [7, 11) is 0. The zero-order chi connectivity index (χ0) is 16.9. The Bertz CT molecular complexity index is 701. The summed E-state index contributed by atoms with van der Waals surface area (Å²) in [6.07, 6.45) is 0. The zero-order valence-electron chi connectivity index (χ0n) is 13.1. The van der Waals surface area contributed by atoms with Crippen LogP contribution in [-0.2, 0) is 4.79 Å². The van der Waals surface area contributed by atoms with Crippen molar-refractivity contribution >= 4 is 34.8 Å². The molecule has 24 heavy (non-hydrogen) atoms. The van der Waals surface area contributed by atoms with Crippen molar-refractivity contribution in [1.82, 2.24) is 4.90 Å². The number of hydrogen-bond donors (Lipinski definition) is 0. The first kappa shape index (κ1) is 16.9. The number of benzene rings is 2. The second-order valence-corrected chi connectivity index (χ2v) is 6.33. The molecular weight excluding hydrogens is 347 g/mol. The van der Waals surface area contributed by atoms with Crippen LogP contribution in [0.3, 0.4) is 0 Å². The highest BCUT2D eigenvalue weighted by Gasteiger charge is 2.23. The second-order valence-electron chi connectivity index (χ2n) is 5.54. The lowest BCUT2D eigenvalue weighted by Gasteiger charge is -2.36. The topological polar surface area (TPSA) is 32.8 Å². The molecule has 0 aromatic heterocycles. The number of carbonyl (C=O) groups is 1. The number of ether oxygens (including phenoxy) is 1. The molecule has 126 valence electrons. The van der Waals surface area contributed by atoms with Gasteiger partial charge in [-0.15, -0.1) is 0 Å². The Balaban J connectivity index is 1.53. The number of halogens is 2. The molecule has 0 atom stereocenters. The summed E-state index contributed by atoms with van der Waals surface area (Å²) >= 11 is 12.3. The summed E-state index contributed by atoms with van der Waals surface area (Å²) < 4.78 is 5.52. The maximum atomic E-state index is 12.3. The summed E-state index contributed by atoms with van der Waals surface area (Å²) in [6.45, 7) is 2.77. The van der Waals surface area contributed by atoms with Gasteiger partial charge in [0.15, 0.2) is 6.61 Å². The smallest absolute Gasteiger partial charge is 0.260 e. The maximum absolute atomic E-state index is 12.3. The summed E-state index contributed by atoms with van der Waals surface area (Å²) in [5, 5.41) is 1.11. The number of piperazine rings is 1. The van der Waals surface area contributed by atoms with Crippen LogP contribution in [-0.4, -0.2) is 43.6 Å². The van der Waals surface area contributed by atoms with Crippen molar-refractivity contribution < 1.29 is 9.53 Å². The lowest BCUT2D eigenvalue weighted by molar-refractivity contribution is -0.133. The van der Waals surface area contributed by atoms with Crippen molar-refractivity contribution in [3.05, 3.63) is 58.6 Å². The van der Waals surface area contributed by atoms with Gasteiger partial charge in [-0.1, -0.05) is 47.5 Å². The van der Waals surface area contributed by atoms with Crippen molar-refractivity contribution in [3.8, 4) is 5.75 Å². The third-order valence-electron chi connectivity index (χ3n) is 4.01. The third-order valence-corrected chi connectivity index (χ3v) is 4.82. The van der Waals surface area contributed by atoms with E-state index in [2.05, 4.69) is 4.90 Å². The molecule has 0 N–H and O–H groups in total. The molecule has 0 unspecified atom stereocenters. The van der Waals surface area contributed by atoms with E-state index in [9.17, 15) is 4.79 Å². The van der Waals surface area contributed by atoms with Gasteiger partial charge in [-0.25, -0.2) is 0 Å². The van der Waals surface area contributed by atoms with Crippen molar-refractivity contribution in [2.75, 3.05) is 37.7 Å². The number of nitrogens with zero attached hydrogens (tertiary/aromatic N) is 2. The molecule has 1 amide bonds. The van der Waals surface area contributed by atoms with Gasteiger partial charge in [0.25, 0.3) is 5.91 Å². The first-order valence-electron chi connectivity index (χ1n) is 7.80. The van der Waals surface area contributed by atoms with Crippen molar-refractivity contribution in [2.45, 2.75) is 0 Å². The fourth-order valence-corrected chi connectivity index (χ4v) is 3.10. The monoisotopic (exact) mass is 364 g/mol. The largest absolute Gasteiger partial charge is 0.484 e. The van der Waals surface area contributed by atoms with Crippen LogP contribution in [0.25, 0.3) is 0 Å². The average molecular weight is 365 g/mol. The van der Waals surface area contributed by atoms with Crippen LogP contribution in [0, 0.1) is 0 Å². The fraction of sp³-hybridized carbons (Fsp3) is 0.278. The van der Waals surface area contributed by atoms with E-state index in [1.165, 1.54) is 0 Å². The molecule has 3 rings (SSSR count). The molecular formula is C18H18Cl2N2O2. The molecule has 2 aromatic carbocycles. The first-order valence-corrected chi connectivity index (χ1v) is 8.55. The van der Waals surface area contributed by atoms with E-state index in [-0.39, 0.29) is 12.5 Å². The van der Waals surface area contributed by atoms with Crippen molar-refractivity contribution in [1.29, 1.82) is 0 Å². The van der Waals surface area contributed by atoms with Gasteiger partial charge < -0.3 is 14.5 Å². The number of anilines is 1. The molecule has 0 aliphatic carbocycles. The van der Waals surface area contributed by atoms with Crippen molar-refractivity contribution in [3.63, 3.8) is 0 Å². The van der Waals surface area contributed by atoms with Crippen molar-refractivity contribution in [2.24, 2.45) is 0 Å². The van der Waals surface area contributed by atoms with Gasteiger partial charge in [-0.3, -0.25) is 4.79 Å². The Hall–Kier alpha value is -1.91. The van der Waals surface area contributed by atoms with Crippen LogP contribution in [0.15, 0.2) is 48.5 Å². The molecule has 0 saturated carbocycles. The number of para-hydroxylation sites is 1. The normalized spacial score (nSPS) is 14.6. The minimum absolute atomic E-state index is 0.00399. The fourth-order valence-electron chi connectivity index (χ4n) is 2.69. The van der Waals surface area contributed by atoms with E-state index in [0.29, 0.717) is 28.9 Å².